The van der Waals surface area contributed by atoms with Crippen LogP contribution in [0.4, 0.5) is 9.18 Å². The molecule has 134 valence electrons. The molecule has 1 aliphatic rings. The molecule has 26 heavy (non-hydrogen) atoms. The van der Waals surface area contributed by atoms with Crippen molar-refractivity contribution in [3.63, 3.8) is 0 Å². The Hall–Kier alpha value is -3.22. The highest BCUT2D eigenvalue weighted by Crippen LogP contribution is 2.30. The van der Waals surface area contributed by atoms with Crippen LogP contribution >= 0.6 is 0 Å². The molecule has 1 aliphatic heterocycles. The van der Waals surface area contributed by atoms with E-state index >= 15 is 0 Å². The Morgan fingerprint density at radius 2 is 1.88 bits per heavy atom. The first kappa shape index (κ1) is 17.6. The smallest absolute Gasteiger partial charge is 0.337 e. The maximum absolute atomic E-state index is 13.1. The van der Waals surface area contributed by atoms with Crippen molar-refractivity contribution in [2.24, 2.45) is 0 Å². The van der Waals surface area contributed by atoms with Gasteiger partial charge in [0, 0.05) is 0 Å². The van der Waals surface area contributed by atoms with E-state index in [0.29, 0.717) is 16.7 Å². The minimum Gasteiger partial charge on any atom is -0.465 e. The predicted octanol–water partition coefficient (Wildman–Crippen LogP) is 2.58. The molecule has 1 N–H and O–H groups in total. The number of amides is 3. The minimum absolute atomic E-state index is 0.00624. The van der Waals surface area contributed by atoms with Crippen molar-refractivity contribution < 1.29 is 23.5 Å². The molecule has 0 spiro atoms. The fourth-order valence-corrected chi connectivity index (χ4v) is 2.92. The van der Waals surface area contributed by atoms with E-state index in [1.54, 1.807) is 31.2 Å². The molecule has 0 radical (unpaired) electrons. The molecule has 1 atom stereocenters. The molecule has 0 aliphatic carbocycles. The van der Waals surface area contributed by atoms with E-state index in [4.69, 9.17) is 0 Å². The average Bonchev–Trinajstić information content (AvgIpc) is 2.86. The van der Waals surface area contributed by atoms with Crippen LogP contribution in [0.5, 0.6) is 0 Å². The number of methoxy groups -OCH3 is 1. The zero-order chi connectivity index (χ0) is 18.9. The van der Waals surface area contributed by atoms with Gasteiger partial charge < -0.3 is 10.1 Å². The quantitative estimate of drug-likeness (QED) is 0.675. The van der Waals surface area contributed by atoms with Crippen LogP contribution in [0.1, 0.15) is 28.4 Å². The molecule has 0 bridgehead atoms. The third-order valence-electron chi connectivity index (χ3n) is 4.39. The zero-order valence-electron chi connectivity index (χ0n) is 14.3. The first-order valence-corrected chi connectivity index (χ1v) is 7.92. The van der Waals surface area contributed by atoms with Crippen molar-refractivity contribution >= 4 is 17.9 Å². The number of hydrogen-bond donors (Lipinski definition) is 1. The second-order valence-corrected chi connectivity index (χ2v) is 6.15. The lowest BCUT2D eigenvalue weighted by molar-refractivity contribution is -0.131. The van der Waals surface area contributed by atoms with Crippen LogP contribution in [0.25, 0.3) is 0 Å². The Bertz CT molecular complexity index is 881. The SMILES string of the molecule is COC(=O)c1cccc(CN2C(=O)NC(C)(c3ccc(F)cc3)C2=O)c1. The van der Waals surface area contributed by atoms with Gasteiger partial charge in [-0.2, -0.15) is 0 Å². The molecule has 7 heteroatoms. The summed E-state index contributed by atoms with van der Waals surface area (Å²) >= 11 is 0. The highest BCUT2D eigenvalue weighted by Gasteiger charge is 2.48. The van der Waals surface area contributed by atoms with Gasteiger partial charge in [-0.05, 0) is 42.3 Å². The van der Waals surface area contributed by atoms with E-state index < -0.39 is 29.3 Å². The molecule has 0 saturated carbocycles. The fourth-order valence-electron chi connectivity index (χ4n) is 2.92. The minimum atomic E-state index is -1.27. The molecule has 1 saturated heterocycles. The standard InChI is InChI=1S/C19H17FN2O4/c1-19(14-6-8-15(20)9-7-14)17(24)22(18(25)21-19)11-12-4-3-5-13(10-12)16(23)26-2/h3-10H,11H2,1-2H3,(H,21,25). The largest absolute Gasteiger partial charge is 0.465 e. The number of esters is 1. The van der Waals surface area contributed by atoms with Gasteiger partial charge >= 0.3 is 12.0 Å². The Morgan fingerprint density at radius 3 is 2.54 bits per heavy atom. The average molecular weight is 356 g/mol. The van der Waals surface area contributed by atoms with Crippen LogP contribution in [0, 0.1) is 5.82 Å². The number of ether oxygens (including phenoxy) is 1. The predicted molar refractivity (Wildman–Crippen MR) is 90.6 cm³/mol. The summed E-state index contributed by atoms with van der Waals surface area (Å²) < 4.78 is 17.8. The van der Waals surface area contributed by atoms with Crippen LogP contribution in [0.3, 0.4) is 0 Å². The van der Waals surface area contributed by atoms with Crippen LogP contribution in [-0.2, 0) is 21.6 Å². The van der Waals surface area contributed by atoms with Gasteiger partial charge in [-0.1, -0.05) is 24.3 Å². The van der Waals surface area contributed by atoms with Crippen molar-refractivity contribution in [2.75, 3.05) is 7.11 Å². The summed E-state index contributed by atoms with van der Waals surface area (Å²) in [7, 11) is 1.28. The number of hydrogen-bond acceptors (Lipinski definition) is 4. The van der Waals surface area contributed by atoms with Crippen molar-refractivity contribution in [3.8, 4) is 0 Å². The van der Waals surface area contributed by atoms with Crippen molar-refractivity contribution in [1.29, 1.82) is 0 Å². The van der Waals surface area contributed by atoms with Crippen molar-refractivity contribution in [1.82, 2.24) is 10.2 Å². The number of imide groups is 1. The molecule has 1 heterocycles. The highest BCUT2D eigenvalue weighted by atomic mass is 19.1. The lowest BCUT2D eigenvalue weighted by Gasteiger charge is -2.22. The topological polar surface area (TPSA) is 75.7 Å². The molecule has 6 nitrogen and oxygen atoms in total. The highest BCUT2D eigenvalue weighted by molar-refractivity contribution is 6.07. The van der Waals surface area contributed by atoms with Crippen LogP contribution < -0.4 is 5.32 Å². The van der Waals surface area contributed by atoms with Crippen LogP contribution in [-0.4, -0.2) is 29.9 Å². The van der Waals surface area contributed by atoms with E-state index in [0.717, 1.165) is 4.90 Å². The Balaban J connectivity index is 1.86. The third-order valence-corrected chi connectivity index (χ3v) is 4.39. The Kier molecular flexibility index (Phi) is 4.46. The summed E-state index contributed by atoms with van der Waals surface area (Å²) in [5.74, 6) is -1.37. The second-order valence-electron chi connectivity index (χ2n) is 6.15. The number of nitrogens with one attached hydrogen (secondary N) is 1. The lowest BCUT2D eigenvalue weighted by Crippen LogP contribution is -2.40. The zero-order valence-corrected chi connectivity index (χ0v) is 14.3. The summed E-state index contributed by atoms with van der Waals surface area (Å²) in [5.41, 5.74) is 0.159. The Morgan fingerprint density at radius 1 is 1.19 bits per heavy atom. The third kappa shape index (κ3) is 3.03. The first-order chi connectivity index (χ1) is 12.3. The van der Waals surface area contributed by atoms with Gasteiger partial charge in [-0.25, -0.2) is 14.0 Å². The van der Waals surface area contributed by atoms with E-state index in [9.17, 15) is 18.8 Å². The molecular weight excluding hydrogens is 339 g/mol. The molecule has 3 amide bonds. The number of halogens is 1. The Labute approximate surface area is 149 Å². The molecule has 1 unspecified atom stereocenters. The van der Waals surface area contributed by atoms with Crippen LogP contribution in [0.2, 0.25) is 0 Å². The van der Waals surface area contributed by atoms with Gasteiger partial charge in [0.25, 0.3) is 5.91 Å². The molecular formula is C19H17FN2O4. The normalized spacial score (nSPS) is 19.4. The maximum Gasteiger partial charge on any atom is 0.337 e. The summed E-state index contributed by atoms with van der Waals surface area (Å²) in [6.07, 6.45) is 0. The number of urea groups is 1. The first-order valence-electron chi connectivity index (χ1n) is 7.92. The number of carbonyl (C=O) groups is 3. The van der Waals surface area contributed by atoms with Gasteiger partial charge in [-0.3, -0.25) is 9.69 Å². The van der Waals surface area contributed by atoms with Gasteiger partial charge in [0.1, 0.15) is 11.4 Å². The maximum atomic E-state index is 13.1. The number of rotatable bonds is 4. The second kappa shape index (κ2) is 6.59. The van der Waals surface area contributed by atoms with E-state index in [1.165, 1.54) is 31.4 Å². The van der Waals surface area contributed by atoms with Gasteiger partial charge in [-0.15, -0.1) is 0 Å². The van der Waals surface area contributed by atoms with Gasteiger partial charge in [0.15, 0.2) is 0 Å². The molecule has 3 rings (SSSR count). The molecule has 0 aromatic heterocycles. The van der Waals surface area contributed by atoms with E-state index in [-0.39, 0.29) is 6.54 Å². The van der Waals surface area contributed by atoms with Crippen molar-refractivity contribution in [2.45, 2.75) is 19.0 Å². The van der Waals surface area contributed by atoms with E-state index in [1.807, 2.05) is 0 Å². The fraction of sp³-hybridized carbons (Fsp3) is 0.211. The molecule has 2 aromatic carbocycles. The summed E-state index contributed by atoms with van der Waals surface area (Å²) in [6.45, 7) is 1.58. The number of benzene rings is 2. The monoisotopic (exact) mass is 356 g/mol. The lowest BCUT2D eigenvalue weighted by atomic mass is 9.92. The van der Waals surface area contributed by atoms with E-state index in [2.05, 4.69) is 10.1 Å². The number of carbonyl (C=O) groups excluding carboxylic acids is 3. The van der Waals surface area contributed by atoms with Crippen LogP contribution in [0.15, 0.2) is 48.5 Å². The number of nitrogens with zero attached hydrogens (tertiary/aromatic N) is 1. The summed E-state index contributed by atoms with van der Waals surface area (Å²) in [6, 6.07) is 11.4. The molecule has 2 aromatic rings. The van der Waals surface area contributed by atoms with Gasteiger partial charge in [0.2, 0.25) is 0 Å². The van der Waals surface area contributed by atoms with Crippen molar-refractivity contribution in [3.05, 3.63) is 71.0 Å². The van der Waals surface area contributed by atoms with Gasteiger partial charge in [0.05, 0.1) is 19.2 Å². The summed E-state index contributed by atoms with van der Waals surface area (Å²) in [5, 5.41) is 2.66. The summed E-state index contributed by atoms with van der Waals surface area (Å²) in [4.78, 5) is 37.9. The molecule has 1 fully saturated rings.